The SMILES string of the molecule is COC(=O)C[C@H](c1cc(C(C)(C)C)c(O)c(C(C)(C)C)c1)c1oc(CN2CCc3cc(OC)c(OC)cc3C2)cc(=O)c1O. The first-order valence-electron chi connectivity index (χ1n) is 14.8. The maximum Gasteiger partial charge on any atom is 0.306 e. The predicted molar refractivity (Wildman–Crippen MR) is 168 cm³/mol. The smallest absolute Gasteiger partial charge is 0.306 e. The second-order valence-corrected chi connectivity index (χ2v) is 13.5. The molecule has 9 nitrogen and oxygen atoms in total. The van der Waals surface area contributed by atoms with Crippen LogP contribution in [0.1, 0.15) is 93.2 Å². The highest BCUT2D eigenvalue weighted by molar-refractivity contribution is 5.71. The van der Waals surface area contributed by atoms with Gasteiger partial charge in [0.15, 0.2) is 17.3 Å². The van der Waals surface area contributed by atoms with Crippen LogP contribution in [0.25, 0.3) is 0 Å². The van der Waals surface area contributed by atoms with E-state index < -0.39 is 33.9 Å². The lowest BCUT2D eigenvalue weighted by Gasteiger charge is -2.30. The Labute approximate surface area is 259 Å². The standard InChI is InChI=1S/C35H45NO8/c1-34(2,3)25-12-21(13-26(31(25)39)35(4,5)6)24(17-30(38)43-9)33-32(40)27(37)16-23(44-33)19-36-11-10-20-14-28(41-7)29(42-8)15-22(20)18-36/h12-16,24,39-40H,10-11,17-19H2,1-9H3/t24-/m1/s1. The maximum absolute atomic E-state index is 13.1. The molecule has 2 N–H and O–H groups in total. The highest BCUT2D eigenvalue weighted by Gasteiger charge is 2.32. The number of carbonyl (C=O) groups is 1. The van der Waals surface area contributed by atoms with Gasteiger partial charge in [0.05, 0.1) is 40.2 Å². The Kier molecular flexibility index (Phi) is 9.40. The normalized spacial score (nSPS) is 14.6. The summed E-state index contributed by atoms with van der Waals surface area (Å²) in [5, 5.41) is 22.3. The van der Waals surface area contributed by atoms with Crippen LogP contribution in [-0.2, 0) is 39.9 Å². The van der Waals surface area contributed by atoms with Gasteiger partial charge in [-0.25, -0.2) is 0 Å². The van der Waals surface area contributed by atoms with Crippen LogP contribution < -0.4 is 14.9 Å². The van der Waals surface area contributed by atoms with Crippen LogP contribution >= 0.6 is 0 Å². The molecule has 2 aromatic carbocycles. The number of phenols is 1. The summed E-state index contributed by atoms with van der Waals surface area (Å²) in [6, 6.07) is 8.92. The number of methoxy groups -OCH3 is 3. The van der Waals surface area contributed by atoms with Gasteiger partial charge in [-0.3, -0.25) is 14.5 Å². The summed E-state index contributed by atoms with van der Waals surface area (Å²) in [6.07, 6.45) is 0.599. The lowest BCUT2D eigenvalue weighted by atomic mass is 9.76. The van der Waals surface area contributed by atoms with E-state index in [0.29, 0.717) is 47.0 Å². The minimum atomic E-state index is -0.836. The third-order valence-electron chi connectivity index (χ3n) is 8.24. The Hall–Kier alpha value is -3.98. The number of carbonyl (C=O) groups excluding carboxylic acids is 1. The average Bonchev–Trinajstić information content (AvgIpc) is 2.95. The summed E-state index contributed by atoms with van der Waals surface area (Å²) in [7, 11) is 4.51. The van der Waals surface area contributed by atoms with E-state index in [-0.39, 0.29) is 17.9 Å². The van der Waals surface area contributed by atoms with Crippen LogP contribution in [0.5, 0.6) is 23.0 Å². The minimum Gasteiger partial charge on any atom is -0.507 e. The highest BCUT2D eigenvalue weighted by atomic mass is 16.5. The van der Waals surface area contributed by atoms with E-state index in [9.17, 15) is 19.8 Å². The summed E-state index contributed by atoms with van der Waals surface area (Å²) in [5.74, 6) is -0.0337. The molecule has 0 spiro atoms. The second kappa shape index (κ2) is 12.6. The van der Waals surface area contributed by atoms with Crippen molar-refractivity contribution >= 4 is 5.97 Å². The van der Waals surface area contributed by atoms with Gasteiger partial charge in [-0.05, 0) is 57.2 Å². The van der Waals surface area contributed by atoms with E-state index >= 15 is 0 Å². The largest absolute Gasteiger partial charge is 0.507 e. The Morgan fingerprint density at radius 3 is 1.98 bits per heavy atom. The van der Waals surface area contributed by atoms with Gasteiger partial charge in [0.25, 0.3) is 0 Å². The molecule has 3 aromatic rings. The number of phenolic OH excluding ortho intramolecular Hbond substituents is 1. The van der Waals surface area contributed by atoms with Crippen LogP contribution in [0.15, 0.2) is 39.5 Å². The van der Waals surface area contributed by atoms with Gasteiger partial charge < -0.3 is 28.8 Å². The maximum atomic E-state index is 13.1. The van der Waals surface area contributed by atoms with Gasteiger partial charge in [-0.2, -0.15) is 0 Å². The lowest BCUT2D eigenvalue weighted by molar-refractivity contribution is -0.140. The molecule has 9 heteroatoms. The fraction of sp³-hybridized carbons (Fsp3) is 0.486. The lowest BCUT2D eigenvalue weighted by Crippen LogP contribution is -2.30. The molecule has 0 unspecified atom stereocenters. The molecule has 1 aliphatic rings. The van der Waals surface area contributed by atoms with E-state index in [2.05, 4.69) is 4.90 Å². The molecular formula is C35H45NO8. The molecule has 4 rings (SSSR count). The fourth-order valence-corrected chi connectivity index (χ4v) is 5.78. The first-order valence-corrected chi connectivity index (χ1v) is 14.8. The van der Waals surface area contributed by atoms with Crippen molar-refractivity contribution in [2.24, 2.45) is 0 Å². The quantitative estimate of drug-likeness (QED) is 0.301. The molecule has 1 aliphatic heterocycles. The second-order valence-electron chi connectivity index (χ2n) is 13.5. The number of nitrogens with zero attached hydrogens (tertiary/aromatic N) is 1. The number of hydrogen-bond acceptors (Lipinski definition) is 9. The van der Waals surface area contributed by atoms with E-state index in [0.717, 1.165) is 18.5 Å². The Morgan fingerprint density at radius 1 is 0.886 bits per heavy atom. The van der Waals surface area contributed by atoms with E-state index in [1.807, 2.05) is 65.8 Å². The Bertz CT molecular complexity index is 1560. The third kappa shape index (κ3) is 6.88. The van der Waals surface area contributed by atoms with Crippen molar-refractivity contribution in [3.8, 4) is 23.0 Å². The number of esters is 1. The molecule has 0 fully saturated rings. The van der Waals surface area contributed by atoms with Crippen LogP contribution in [0, 0.1) is 0 Å². The van der Waals surface area contributed by atoms with Gasteiger partial charge in [-0.15, -0.1) is 0 Å². The number of benzene rings is 2. The van der Waals surface area contributed by atoms with Crippen molar-refractivity contribution in [2.45, 2.75) is 84.2 Å². The number of ether oxygens (including phenoxy) is 3. The molecule has 0 bridgehead atoms. The number of aromatic hydroxyl groups is 2. The van der Waals surface area contributed by atoms with Crippen molar-refractivity contribution in [3.63, 3.8) is 0 Å². The number of hydrogen-bond donors (Lipinski definition) is 2. The monoisotopic (exact) mass is 607 g/mol. The van der Waals surface area contributed by atoms with Crippen molar-refractivity contribution < 1.29 is 33.6 Å². The minimum absolute atomic E-state index is 0.00729. The topological polar surface area (TPSA) is 119 Å². The van der Waals surface area contributed by atoms with Crippen LogP contribution in [0.3, 0.4) is 0 Å². The van der Waals surface area contributed by atoms with Gasteiger partial charge in [0, 0.05) is 19.2 Å². The first-order chi connectivity index (χ1) is 20.6. The van der Waals surface area contributed by atoms with Crippen LogP contribution in [-0.4, -0.2) is 49.0 Å². The van der Waals surface area contributed by atoms with Gasteiger partial charge in [0.2, 0.25) is 11.2 Å². The molecule has 0 aliphatic carbocycles. The first kappa shape index (κ1) is 32.9. The molecule has 238 valence electrons. The van der Waals surface area contributed by atoms with Crippen molar-refractivity contribution in [1.29, 1.82) is 0 Å². The zero-order valence-corrected chi connectivity index (χ0v) is 27.3. The zero-order valence-electron chi connectivity index (χ0n) is 27.3. The molecule has 44 heavy (non-hydrogen) atoms. The van der Waals surface area contributed by atoms with Crippen molar-refractivity contribution in [3.05, 3.63) is 79.9 Å². The van der Waals surface area contributed by atoms with E-state index in [1.54, 1.807) is 14.2 Å². The summed E-state index contributed by atoms with van der Waals surface area (Å²) in [5.41, 5.74) is 2.81. The summed E-state index contributed by atoms with van der Waals surface area (Å²) >= 11 is 0. The average molecular weight is 608 g/mol. The summed E-state index contributed by atoms with van der Waals surface area (Å²) in [4.78, 5) is 28.0. The predicted octanol–water partition coefficient (Wildman–Crippen LogP) is 5.92. The molecule has 0 saturated carbocycles. The fourth-order valence-electron chi connectivity index (χ4n) is 5.78. The molecule has 1 aromatic heterocycles. The Balaban J connectivity index is 1.79. The number of rotatable bonds is 8. The van der Waals surface area contributed by atoms with E-state index in [1.165, 1.54) is 18.7 Å². The zero-order chi connectivity index (χ0) is 32.6. The third-order valence-corrected chi connectivity index (χ3v) is 8.24. The molecule has 2 heterocycles. The Morgan fingerprint density at radius 2 is 1.45 bits per heavy atom. The summed E-state index contributed by atoms with van der Waals surface area (Å²) in [6.45, 7) is 13.6. The molecule has 0 radical (unpaired) electrons. The molecule has 0 saturated heterocycles. The van der Waals surface area contributed by atoms with Crippen molar-refractivity contribution in [2.75, 3.05) is 27.9 Å². The van der Waals surface area contributed by atoms with Gasteiger partial charge in [0.1, 0.15) is 11.5 Å². The molecular weight excluding hydrogens is 562 g/mol. The summed E-state index contributed by atoms with van der Waals surface area (Å²) < 4.78 is 22.3. The van der Waals surface area contributed by atoms with Crippen LogP contribution in [0.2, 0.25) is 0 Å². The van der Waals surface area contributed by atoms with E-state index in [4.69, 9.17) is 18.6 Å². The van der Waals surface area contributed by atoms with Crippen molar-refractivity contribution in [1.82, 2.24) is 4.90 Å². The van der Waals surface area contributed by atoms with Crippen LogP contribution in [0.4, 0.5) is 0 Å². The number of fused-ring (bicyclic) bond motifs is 1. The van der Waals surface area contributed by atoms with Gasteiger partial charge in [-0.1, -0.05) is 53.7 Å². The van der Waals surface area contributed by atoms with Gasteiger partial charge >= 0.3 is 5.97 Å². The highest BCUT2D eigenvalue weighted by Crippen LogP contribution is 2.44. The molecule has 1 atom stereocenters. The molecule has 0 amide bonds.